The number of rotatable bonds is 5. The van der Waals surface area contributed by atoms with Gasteiger partial charge in [0.05, 0.1) is 0 Å². The normalized spacial score (nSPS) is 23.4. The van der Waals surface area contributed by atoms with Gasteiger partial charge < -0.3 is 20.6 Å². The summed E-state index contributed by atoms with van der Waals surface area (Å²) < 4.78 is 0. The number of carbonyl (C=O) groups excluding carboxylic acids is 1. The van der Waals surface area contributed by atoms with E-state index in [-0.39, 0.29) is 12.1 Å². The number of likely N-dealkylation sites (tertiary alicyclic amines) is 1. The lowest BCUT2D eigenvalue weighted by Crippen LogP contribution is -2.62. The molecule has 3 N–H and O–H groups in total. The molecule has 0 bridgehead atoms. The minimum Gasteiger partial charge on any atom is -0.480 e. The van der Waals surface area contributed by atoms with Gasteiger partial charge in [-0.15, -0.1) is 0 Å². The molecule has 1 unspecified atom stereocenters. The van der Waals surface area contributed by atoms with Crippen LogP contribution in [0.1, 0.15) is 39.0 Å². The van der Waals surface area contributed by atoms with Crippen molar-refractivity contribution < 1.29 is 14.7 Å². The maximum atomic E-state index is 11.8. The zero-order valence-corrected chi connectivity index (χ0v) is 11.4. The number of nitrogens with zero attached hydrogens (tertiary/aromatic N) is 1. The summed E-state index contributed by atoms with van der Waals surface area (Å²) in [5, 5.41) is 14.6. The Morgan fingerprint density at radius 2 is 1.89 bits per heavy atom. The monoisotopic (exact) mass is 269 g/mol. The fourth-order valence-electron chi connectivity index (χ4n) is 2.80. The Morgan fingerprint density at radius 1 is 1.26 bits per heavy atom. The molecule has 108 valence electrons. The van der Waals surface area contributed by atoms with E-state index in [1.54, 1.807) is 0 Å². The summed E-state index contributed by atoms with van der Waals surface area (Å²) in [6.07, 6.45) is 4.35. The van der Waals surface area contributed by atoms with E-state index in [4.69, 9.17) is 5.11 Å². The molecule has 1 aliphatic carbocycles. The first-order valence-corrected chi connectivity index (χ1v) is 7.06. The van der Waals surface area contributed by atoms with Crippen LogP contribution in [0.4, 0.5) is 4.79 Å². The zero-order chi connectivity index (χ0) is 13.9. The SMILES string of the molecule is CC(CN1CCCC1)NC(=O)NC1(C(=O)O)CCC1. The summed E-state index contributed by atoms with van der Waals surface area (Å²) in [4.78, 5) is 25.3. The number of carboxylic acids is 1. The Kier molecular flexibility index (Phi) is 4.29. The van der Waals surface area contributed by atoms with E-state index >= 15 is 0 Å². The van der Waals surface area contributed by atoms with Gasteiger partial charge in [-0.3, -0.25) is 0 Å². The summed E-state index contributed by atoms with van der Waals surface area (Å²) in [5.41, 5.74) is -1.03. The number of aliphatic carboxylic acids is 1. The summed E-state index contributed by atoms with van der Waals surface area (Å²) in [7, 11) is 0. The van der Waals surface area contributed by atoms with Gasteiger partial charge in [-0.25, -0.2) is 9.59 Å². The van der Waals surface area contributed by atoms with E-state index in [2.05, 4.69) is 15.5 Å². The van der Waals surface area contributed by atoms with Crippen molar-refractivity contribution in [3.05, 3.63) is 0 Å². The van der Waals surface area contributed by atoms with Gasteiger partial charge in [0.2, 0.25) is 0 Å². The smallest absolute Gasteiger partial charge is 0.329 e. The van der Waals surface area contributed by atoms with Crippen molar-refractivity contribution in [3.63, 3.8) is 0 Å². The van der Waals surface area contributed by atoms with Gasteiger partial charge in [0.1, 0.15) is 5.54 Å². The Hall–Kier alpha value is -1.30. The molecule has 1 atom stereocenters. The molecule has 2 aliphatic rings. The highest BCUT2D eigenvalue weighted by molar-refractivity contribution is 5.87. The molecule has 0 aromatic heterocycles. The lowest BCUT2D eigenvalue weighted by atomic mass is 9.77. The number of hydrogen-bond acceptors (Lipinski definition) is 3. The quantitative estimate of drug-likeness (QED) is 0.689. The molecular weight excluding hydrogens is 246 g/mol. The number of urea groups is 1. The first kappa shape index (κ1) is 14.1. The fraction of sp³-hybridized carbons (Fsp3) is 0.846. The molecule has 2 rings (SSSR count). The van der Waals surface area contributed by atoms with E-state index in [1.807, 2.05) is 6.92 Å². The summed E-state index contributed by atoms with van der Waals surface area (Å²) in [6.45, 7) is 4.96. The molecule has 6 nitrogen and oxygen atoms in total. The van der Waals surface area contributed by atoms with Crippen LogP contribution in [0.15, 0.2) is 0 Å². The van der Waals surface area contributed by atoms with E-state index in [0.717, 1.165) is 26.1 Å². The number of hydrogen-bond donors (Lipinski definition) is 3. The van der Waals surface area contributed by atoms with Crippen LogP contribution in [-0.2, 0) is 4.79 Å². The second kappa shape index (κ2) is 5.77. The van der Waals surface area contributed by atoms with E-state index in [0.29, 0.717) is 12.8 Å². The van der Waals surface area contributed by atoms with Gasteiger partial charge >= 0.3 is 12.0 Å². The highest BCUT2D eigenvalue weighted by Gasteiger charge is 2.45. The molecule has 1 saturated heterocycles. The average Bonchev–Trinajstić information content (AvgIpc) is 2.75. The minimum atomic E-state index is -1.03. The van der Waals surface area contributed by atoms with Crippen molar-refractivity contribution in [3.8, 4) is 0 Å². The third kappa shape index (κ3) is 3.37. The largest absolute Gasteiger partial charge is 0.480 e. The number of carboxylic acid groups (broad SMARTS) is 1. The van der Waals surface area contributed by atoms with Crippen LogP contribution >= 0.6 is 0 Å². The van der Waals surface area contributed by atoms with Crippen LogP contribution in [0.5, 0.6) is 0 Å². The van der Waals surface area contributed by atoms with Crippen molar-refractivity contribution >= 4 is 12.0 Å². The van der Waals surface area contributed by atoms with Gasteiger partial charge in [-0.2, -0.15) is 0 Å². The molecule has 0 aromatic carbocycles. The highest BCUT2D eigenvalue weighted by atomic mass is 16.4. The molecule has 0 spiro atoms. The Bertz CT molecular complexity index is 349. The second-order valence-corrected chi connectivity index (χ2v) is 5.75. The molecule has 0 radical (unpaired) electrons. The molecule has 2 fully saturated rings. The maximum absolute atomic E-state index is 11.8. The predicted molar refractivity (Wildman–Crippen MR) is 71.0 cm³/mol. The van der Waals surface area contributed by atoms with Crippen molar-refractivity contribution in [1.29, 1.82) is 0 Å². The van der Waals surface area contributed by atoms with E-state index in [9.17, 15) is 9.59 Å². The van der Waals surface area contributed by atoms with Gasteiger partial charge in [-0.1, -0.05) is 0 Å². The van der Waals surface area contributed by atoms with Crippen LogP contribution in [-0.4, -0.2) is 53.2 Å². The molecule has 1 aliphatic heterocycles. The van der Waals surface area contributed by atoms with Gasteiger partial charge in [-0.05, 0) is 52.1 Å². The van der Waals surface area contributed by atoms with Crippen molar-refractivity contribution in [2.24, 2.45) is 0 Å². The third-order valence-corrected chi connectivity index (χ3v) is 4.08. The zero-order valence-electron chi connectivity index (χ0n) is 11.4. The van der Waals surface area contributed by atoms with Crippen LogP contribution in [0, 0.1) is 0 Å². The Morgan fingerprint density at radius 3 is 2.37 bits per heavy atom. The topological polar surface area (TPSA) is 81.7 Å². The molecule has 0 aromatic rings. The minimum absolute atomic E-state index is 0.0315. The summed E-state index contributed by atoms with van der Waals surface area (Å²) in [5.74, 6) is -0.930. The first-order chi connectivity index (χ1) is 9.02. The molecular formula is C13H23N3O3. The standard InChI is InChI=1S/C13H23N3O3/c1-10(9-16-7-2-3-8-16)14-12(19)15-13(11(17)18)5-4-6-13/h10H,2-9H2,1H3,(H,17,18)(H2,14,15,19). The lowest BCUT2D eigenvalue weighted by molar-refractivity contribution is -0.148. The molecule has 19 heavy (non-hydrogen) atoms. The lowest BCUT2D eigenvalue weighted by Gasteiger charge is -2.38. The first-order valence-electron chi connectivity index (χ1n) is 7.06. The number of amides is 2. The highest BCUT2D eigenvalue weighted by Crippen LogP contribution is 2.31. The number of carbonyl (C=O) groups is 2. The van der Waals surface area contributed by atoms with Crippen molar-refractivity contribution in [1.82, 2.24) is 15.5 Å². The maximum Gasteiger partial charge on any atom is 0.329 e. The van der Waals surface area contributed by atoms with Crippen LogP contribution in [0.2, 0.25) is 0 Å². The van der Waals surface area contributed by atoms with E-state index < -0.39 is 11.5 Å². The second-order valence-electron chi connectivity index (χ2n) is 5.75. The summed E-state index contributed by atoms with van der Waals surface area (Å²) in [6, 6.07) is -0.335. The van der Waals surface area contributed by atoms with Gasteiger partial charge in [0, 0.05) is 12.6 Å². The molecule has 2 amide bonds. The summed E-state index contributed by atoms with van der Waals surface area (Å²) >= 11 is 0. The predicted octanol–water partition coefficient (Wildman–Crippen LogP) is 0.777. The van der Waals surface area contributed by atoms with Crippen LogP contribution in [0.3, 0.4) is 0 Å². The average molecular weight is 269 g/mol. The van der Waals surface area contributed by atoms with Crippen molar-refractivity contribution in [2.75, 3.05) is 19.6 Å². The van der Waals surface area contributed by atoms with Gasteiger partial charge in [0.15, 0.2) is 0 Å². The van der Waals surface area contributed by atoms with Crippen LogP contribution in [0.25, 0.3) is 0 Å². The fourth-order valence-corrected chi connectivity index (χ4v) is 2.80. The Balaban J connectivity index is 1.75. The molecule has 6 heteroatoms. The molecule has 1 saturated carbocycles. The van der Waals surface area contributed by atoms with Crippen LogP contribution < -0.4 is 10.6 Å². The van der Waals surface area contributed by atoms with Gasteiger partial charge in [0.25, 0.3) is 0 Å². The molecule has 1 heterocycles. The van der Waals surface area contributed by atoms with E-state index in [1.165, 1.54) is 12.8 Å². The Labute approximate surface area is 113 Å². The third-order valence-electron chi connectivity index (χ3n) is 4.08. The number of nitrogens with one attached hydrogen (secondary N) is 2. The van der Waals surface area contributed by atoms with Crippen molar-refractivity contribution in [2.45, 2.75) is 50.6 Å².